The number of carbonyl (C=O) groups excluding carboxylic acids is 1. The maximum absolute atomic E-state index is 13.1. The average Bonchev–Trinajstić information content (AvgIpc) is 3.48. The molecule has 0 spiro atoms. The summed E-state index contributed by atoms with van der Waals surface area (Å²) in [4.78, 5) is 14.8. The van der Waals surface area contributed by atoms with Crippen LogP contribution in [-0.2, 0) is 16.0 Å². The highest BCUT2D eigenvalue weighted by Crippen LogP contribution is 2.23. The minimum Gasteiger partial charge on any atom is -0.508 e. The standard InChI is InChI=1S/C24H30N2O5/c27-23-11-2-1-6-18(23)15-26(16-21-9-4-12-29-21)24(28)25-19-7-3-8-20(14-19)31-17-22-10-5-13-30-22/h1-3,6-8,11,14,21-22,27H,4-5,9-10,12-13,15-17H2,(H,25,28)/t21-,22-/m0/s1. The Balaban J connectivity index is 1.41. The summed E-state index contributed by atoms with van der Waals surface area (Å²) >= 11 is 0. The van der Waals surface area contributed by atoms with E-state index in [1.165, 1.54) is 0 Å². The molecule has 2 amide bonds. The Hall–Kier alpha value is -2.77. The van der Waals surface area contributed by atoms with Crippen LogP contribution in [0.1, 0.15) is 31.2 Å². The van der Waals surface area contributed by atoms with Gasteiger partial charge in [0.25, 0.3) is 0 Å². The number of phenols is 1. The summed E-state index contributed by atoms with van der Waals surface area (Å²) in [5.41, 5.74) is 1.36. The van der Waals surface area contributed by atoms with Gasteiger partial charge in [0.2, 0.25) is 0 Å². The smallest absolute Gasteiger partial charge is 0.322 e. The van der Waals surface area contributed by atoms with Crippen LogP contribution in [0.2, 0.25) is 0 Å². The first-order valence-electron chi connectivity index (χ1n) is 11.0. The molecule has 0 bridgehead atoms. The second kappa shape index (κ2) is 10.5. The molecule has 2 atom stereocenters. The van der Waals surface area contributed by atoms with Gasteiger partial charge in [-0.25, -0.2) is 4.79 Å². The molecule has 2 heterocycles. The predicted octanol–water partition coefficient (Wildman–Crippen LogP) is 4.16. The van der Waals surface area contributed by atoms with Crippen LogP contribution >= 0.6 is 0 Å². The summed E-state index contributed by atoms with van der Waals surface area (Å²) in [5, 5.41) is 13.1. The number of phenolic OH excluding ortho intramolecular Hbond substituents is 1. The van der Waals surface area contributed by atoms with Gasteiger partial charge < -0.3 is 29.5 Å². The molecule has 0 radical (unpaired) electrons. The summed E-state index contributed by atoms with van der Waals surface area (Å²) in [6.07, 6.45) is 4.16. The number of anilines is 1. The zero-order chi connectivity index (χ0) is 21.5. The third-order valence-electron chi connectivity index (χ3n) is 5.63. The maximum atomic E-state index is 13.1. The van der Waals surface area contributed by atoms with Crippen molar-refractivity contribution in [2.75, 3.05) is 31.7 Å². The Bertz CT molecular complexity index is 863. The van der Waals surface area contributed by atoms with Gasteiger partial charge >= 0.3 is 6.03 Å². The molecular formula is C24H30N2O5. The number of ether oxygens (including phenoxy) is 3. The second-order valence-electron chi connectivity index (χ2n) is 8.05. The van der Waals surface area contributed by atoms with Crippen LogP contribution in [0.3, 0.4) is 0 Å². The molecule has 7 heteroatoms. The number of para-hydroxylation sites is 1. The van der Waals surface area contributed by atoms with Gasteiger partial charge in [0.1, 0.15) is 18.1 Å². The number of rotatable bonds is 8. The number of urea groups is 1. The van der Waals surface area contributed by atoms with Gasteiger partial charge in [-0.3, -0.25) is 0 Å². The fraction of sp³-hybridized carbons (Fsp3) is 0.458. The van der Waals surface area contributed by atoms with Crippen molar-refractivity contribution in [1.82, 2.24) is 4.90 Å². The molecule has 2 aromatic rings. The topological polar surface area (TPSA) is 80.3 Å². The fourth-order valence-corrected chi connectivity index (χ4v) is 3.93. The first-order chi connectivity index (χ1) is 15.2. The van der Waals surface area contributed by atoms with Crippen LogP contribution in [0, 0.1) is 0 Å². The first-order valence-corrected chi connectivity index (χ1v) is 11.0. The number of hydrogen-bond donors (Lipinski definition) is 2. The number of hydrogen-bond acceptors (Lipinski definition) is 5. The lowest BCUT2D eigenvalue weighted by molar-refractivity contribution is 0.0680. The van der Waals surface area contributed by atoms with Gasteiger partial charge in [-0.15, -0.1) is 0 Å². The molecule has 2 aliphatic heterocycles. The van der Waals surface area contributed by atoms with Gasteiger partial charge in [-0.1, -0.05) is 24.3 Å². The van der Waals surface area contributed by atoms with E-state index in [0.717, 1.165) is 38.9 Å². The summed E-state index contributed by atoms with van der Waals surface area (Å²) in [7, 11) is 0. The molecule has 0 saturated carbocycles. The van der Waals surface area contributed by atoms with E-state index >= 15 is 0 Å². The zero-order valence-electron chi connectivity index (χ0n) is 17.7. The molecule has 0 aliphatic carbocycles. The molecule has 2 fully saturated rings. The van der Waals surface area contributed by atoms with Crippen molar-refractivity contribution in [2.45, 2.75) is 44.4 Å². The molecule has 2 aromatic carbocycles. The number of nitrogens with one attached hydrogen (secondary N) is 1. The second-order valence-corrected chi connectivity index (χ2v) is 8.05. The molecule has 0 aromatic heterocycles. The van der Waals surface area contributed by atoms with E-state index in [4.69, 9.17) is 14.2 Å². The summed E-state index contributed by atoms with van der Waals surface area (Å²) in [5.74, 6) is 0.872. The molecule has 4 rings (SSSR count). The van der Waals surface area contributed by atoms with Gasteiger partial charge in [0, 0.05) is 37.1 Å². The van der Waals surface area contributed by atoms with E-state index in [-0.39, 0.29) is 24.0 Å². The Kier molecular flexibility index (Phi) is 7.27. The number of aromatic hydroxyl groups is 1. The van der Waals surface area contributed by atoms with Crippen LogP contribution < -0.4 is 10.1 Å². The maximum Gasteiger partial charge on any atom is 0.322 e. The minimum atomic E-state index is -0.241. The molecular weight excluding hydrogens is 396 g/mol. The Morgan fingerprint density at radius 2 is 1.84 bits per heavy atom. The predicted molar refractivity (Wildman–Crippen MR) is 117 cm³/mol. The molecule has 166 valence electrons. The van der Waals surface area contributed by atoms with Gasteiger partial charge in [-0.05, 0) is 43.9 Å². The van der Waals surface area contributed by atoms with Crippen molar-refractivity contribution in [3.8, 4) is 11.5 Å². The van der Waals surface area contributed by atoms with Crippen LogP contribution in [0.5, 0.6) is 11.5 Å². The quantitative estimate of drug-likeness (QED) is 0.662. The summed E-state index contributed by atoms with van der Waals surface area (Å²) < 4.78 is 17.2. The summed E-state index contributed by atoms with van der Waals surface area (Å²) in [6, 6.07) is 14.2. The molecule has 2 N–H and O–H groups in total. The Morgan fingerprint density at radius 3 is 2.58 bits per heavy atom. The van der Waals surface area contributed by atoms with E-state index in [0.29, 0.717) is 36.7 Å². The molecule has 2 aliphatic rings. The van der Waals surface area contributed by atoms with Crippen molar-refractivity contribution in [2.24, 2.45) is 0 Å². The third kappa shape index (κ3) is 6.12. The van der Waals surface area contributed by atoms with Crippen LogP contribution in [0.15, 0.2) is 48.5 Å². The Labute approximate surface area is 182 Å². The number of carbonyl (C=O) groups is 1. The first kappa shape index (κ1) is 21.5. The van der Waals surface area contributed by atoms with Crippen molar-refractivity contribution >= 4 is 11.7 Å². The van der Waals surface area contributed by atoms with E-state index in [2.05, 4.69) is 5.32 Å². The third-order valence-corrected chi connectivity index (χ3v) is 5.63. The van der Waals surface area contributed by atoms with Crippen molar-refractivity contribution in [1.29, 1.82) is 0 Å². The lowest BCUT2D eigenvalue weighted by Crippen LogP contribution is -2.39. The van der Waals surface area contributed by atoms with Crippen molar-refractivity contribution in [3.63, 3.8) is 0 Å². The van der Waals surface area contributed by atoms with Gasteiger partial charge in [-0.2, -0.15) is 0 Å². The number of nitrogens with zero attached hydrogens (tertiary/aromatic N) is 1. The normalized spacial score (nSPS) is 20.5. The largest absolute Gasteiger partial charge is 0.508 e. The number of amides is 2. The molecule has 7 nitrogen and oxygen atoms in total. The lowest BCUT2D eigenvalue weighted by Gasteiger charge is -2.26. The van der Waals surface area contributed by atoms with E-state index < -0.39 is 0 Å². The molecule has 31 heavy (non-hydrogen) atoms. The van der Waals surface area contributed by atoms with E-state index in [1.807, 2.05) is 36.4 Å². The monoisotopic (exact) mass is 426 g/mol. The SMILES string of the molecule is O=C(Nc1cccc(OC[C@@H]2CCCO2)c1)N(Cc1ccccc1O)C[C@@H]1CCCO1. The van der Waals surface area contributed by atoms with Crippen molar-refractivity contribution in [3.05, 3.63) is 54.1 Å². The van der Waals surface area contributed by atoms with Crippen molar-refractivity contribution < 1.29 is 24.1 Å². The number of benzene rings is 2. The van der Waals surface area contributed by atoms with E-state index in [9.17, 15) is 9.90 Å². The summed E-state index contributed by atoms with van der Waals surface area (Å²) in [6.45, 7) is 2.79. The molecule has 2 saturated heterocycles. The zero-order valence-corrected chi connectivity index (χ0v) is 17.7. The minimum absolute atomic E-state index is 0.0117. The Morgan fingerprint density at radius 1 is 1.06 bits per heavy atom. The highest BCUT2D eigenvalue weighted by atomic mass is 16.5. The van der Waals surface area contributed by atoms with Gasteiger partial charge in [0.05, 0.1) is 18.8 Å². The average molecular weight is 427 g/mol. The highest BCUT2D eigenvalue weighted by Gasteiger charge is 2.24. The van der Waals surface area contributed by atoms with Crippen LogP contribution in [-0.4, -0.2) is 54.6 Å². The lowest BCUT2D eigenvalue weighted by atomic mass is 10.1. The highest BCUT2D eigenvalue weighted by molar-refractivity contribution is 5.89. The fourth-order valence-electron chi connectivity index (χ4n) is 3.93. The van der Waals surface area contributed by atoms with Gasteiger partial charge in [0.15, 0.2) is 0 Å². The molecule has 0 unspecified atom stereocenters. The van der Waals surface area contributed by atoms with Crippen LogP contribution in [0.25, 0.3) is 0 Å². The van der Waals surface area contributed by atoms with E-state index in [1.54, 1.807) is 17.0 Å². The van der Waals surface area contributed by atoms with Crippen LogP contribution in [0.4, 0.5) is 10.5 Å².